The van der Waals surface area contributed by atoms with E-state index >= 15 is 0 Å². The van der Waals surface area contributed by atoms with Crippen LogP contribution in [0.1, 0.15) is 11.3 Å². The Labute approximate surface area is 217 Å². The molecular weight excluding hydrogens is 489 g/mol. The molecule has 2 aromatic heterocycles. The quantitative estimate of drug-likeness (QED) is 0.103. The third-order valence-corrected chi connectivity index (χ3v) is 9.90. The summed E-state index contributed by atoms with van der Waals surface area (Å²) in [6.45, 7) is 16.7. The molecule has 192 valence electrons. The Morgan fingerprint density at radius 3 is 2.03 bits per heavy atom. The Balaban J connectivity index is 1.81. The van der Waals surface area contributed by atoms with Crippen LogP contribution in [0.5, 0.6) is 0 Å². The highest BCUT2D eigenvalue weighted by molar-refractivity contribution is 7.98. The minimum Gasteiger partial charge on any atom is -0.361 e. The molecule has 0 bridgehead atoms. The van der Waals surface area contributed by atoms with E-state index in [0.29, 0.717) is 13.5 Å². The van der Waals surface area contributed by atoms with Crippen LogP contribution in [-0.2, 0) is 15.9 Å². The average Bonchev–Trinajstić information content (AvgIpc) is 3.25. The second-order valence-corrected chi connectivity index (χ2v) is 23.6. The van der Waals surface area contributed by atoms with Crippen molar-refractivity contribution in [1.82, 2.24) is 14.6 Å². The number of rotatable bonds is 14. The molecular formula is C26H42N4O2SSi2. The Morgan fingerprint density at radius 2 is 1.49 bits per heavy atom. The second-order valence-electron chi connectivity index (χ2n) is 11.5. The van der Waals surface area contributed by atoms with Crippen molar-refractivity contribution in [3.05, 3.63) is 53.9 Å². The zero-order valence-corrected chi connectivity index (χ0v) is 25.3. The van der Waals surface area contributed by atoms with Gasteiger partial charge in [-0.2, -0.15) is 9.61 Å². The topological polar surface area (TPSA) is 51.9 Å². The molecule has 0 spiro atoms. The molecule has 3 rings (SSSR count). The SMILES string of the molecule is CSc1ccc(Cc2cc(N(COCC[Si](C)(C)C)COCC[Si](C)(C)C)n3nccc3n2)cc1. The summed E-state index contributed by atoms with van der Waals surface area (Å²) >= 11 is 1.76. The standard InChI is InChI=1S/C26H42N4O2SSi2/c1-33-24-10-8-22(9-11-24)18-23-19-26(30-25(28-23)12-13-27-30)29(20-31-14-16-34(2,3)4)21-32-15-17-35(5,6)7/h8-13,19H,14-18,20-21H2,1-7H3. The number of nitrogens with zero attached hydrogens (tertiary/aromatic N) is 4. The molecule has 0 radical (unpaired) electrons. The Bertz CT molecular complexity index is 1040. The fraction of sp³-hybridized carbons (Fsp3) is 0.538. The van der Waals surface area contributed by atoms with Crippen molar-refractivity contribution in [3.8, 4) is 0 Å². The Hall–Kier alpha value is -1.66. The van der Waals surface area contributed by atoms with E-state index < -0.39 is 16.1 Å². The monoisotopic (exact) mass is 530 g/mol. The summed E-state index contributed by atoms with van der Waals surface area (Å²) in [5.41, 5.74) is 3.10. The van der Waals surface area contributed by atoms with Crippen LogP contribution >= 0.6 is 11.8 Å². The van der Waals surface area contributed by atoms with Gasteiger partial charge < -0.3 is 14.4 Å². The number of fused-ring (bicyclic) bond motifs is 1. The molecule has 1 aromatic carbocycles. The molecule has 0 fully saturated rings. The van der Waals surface area contributed by atoms with E-state index in [1.54, 1.807) is 18.0 Å². The maximum absolute atomic E-state index is 6.16. The van der Waals surface area contributed by atoms with E-state index in [4.69, 9.17) is 14.5 Å². The van der Waals surface area contributed by atoms with Crippen molar-refractivity contribution >= 4 is 39.4 Å². The lowest BCUT2D eigenvalue weighted by Gasteiger charge is -2.26. The van der Waals surface area contributed by atoms with Crippen LogP contribution in [0.2, 0.25) is 51.4 Å². The molecule has 35 heavy (non-hydrogen) atoms. The largest absolute Gasteiger partial charge is 0.361 e. The van der Waals surface area contributed by atoms with Crippen LogP contribution in [0.3, 0.4) is 0 Å². The molecule has 0 unspecified atom stereocenters. The molecule has 6 nitrogen and oxygen atoms in total. The number of thioether (sulfide) groups is 1. The van der Waals surface area contributed by atoms with Crippen molar-refractivity contribution in [1.29, 1.82) is 0 Å². The molecule has 0 atom stereocenters. The van der Waals surface area contributed by atoms with Crippen LogP contribution in [0.15, 0.2) is 47.5 Å². The minimum absolute atomic E-state index is 0.470. The van der Waals surface area contributed by atoms with E-state index in [1.807, 2.05) is 10.6 Å². The third-order valence-electron chi connectivity index (χ3n) is 5.75. The van der Waals surface area contributed by atoms with Crippen LogP contribution in [-0.4, -0.2) is 63.7 Å². The lowest BCUT2D eigenvalue weighted by Crippen LogP contribution is -2.33. The molecule has 0 aliphatic carbocycles. The fourth-order valence-corrected chi connectivity index (χ4v) is 5.41. The first-order chi connectivity index (χ1) is 16.5. The van der Waals surface area contributed by atoms with Crippen molar-refractivity contribution in [2.75, 3.05) is 37.8 Å². The third kappa shape index (κ3) is 9.38. The summed E-state index contributed by atoms with van der Waals surface area (Å²) in [6.07, 6.45) is 4.67. The number of hydrogen-bond acceptors (Lipinski definition) is 6. The average molecular weight is 531 g/mol. The molecule has 2 heterocycles. The smallest absolute Gasteiger partial charge is 0.157 e. The molecule has 0 saturated carbocycles. The van der Waals surface area contributed by atoms with Crippen molar-refractivity contribution in [3.63, 3.8) is 0 Å². The summed E-state index contributed by atoms with van der Waals surface area (Å²) in [4.78, 5) is 8.29. The van der Waals surface area contributed by atoms with Crippen molar-refractivity contribution in [2.45, 2.75) is 62.7 Å². The molecule has 3 aromatic rings. The Kier molecular flexibility index (Phi) is 10.0. The molecule has 0 N–H and O–H groups in total. The number of hydrogen-bond donors (Lipinski definition) is 0. The van der Waals surface area contributed by atoms with Gasteiger partial charge in [0.2, 0.25) is 0 Å². The lowest BCUT2D eigenvalue weighted by molar-refractivity contribution is 0.0942. The predicted octanol–water partition coefficient (Wildman–Crippen LogP) is 6.47. The zero-order chi connectivity index (χ0) is 25.5. The summed E-state index contributed by atoms with van der Waals surface area (Å²) in [5, 5.41) is 4.56. The highest BCUT2D eigenvalue weighted by Gasteiger charge is 2.18. The molecule has 0 amide bonds. The summed E-state index contributed by atoms with van der Waals surface area (Å²) < 4.78 is 14.2. The van der Waals surface area contributed by atoms with E-state index in [2.05, 4.69) is 85.9 Å². The Morgan fingerprint density at radius 1 is 0.886 bits per heavy atom. The van der Waals surface area contributed by atoms with Crippen LogP contribution in [0.4, 0.5) is 5.82 Å². The van der Waals surface area contributed by atoms with Gasteiger partial charge in [0.1, 0.15) is 19.3 Å². The van der Waals surface area contributed by atoms with Crippen LogP contribution in [0, 0.1) is 0 Å². The molecule has 0 saturated heterocycles. The zero-order valence-electron chi connectivity index (χ0n) is 22.5. The van der Waals surface area contributed by atoms with Crippen molar-refractivity contribution < 1.29 is 9.47 Å². The maximum Gasteiger partial charge on any atom is 0.157 e. The van der Waals surface area contributed by atoms with Gasteiger partial charge >= 0.3 is 0 Å². The molecule has 9 heteroatoms. The van der Waals surface area contributed by atoms with Gasteiger partial charge in [-0.15, -0.1) is 11.8 Å². The highest BCUT2D eigenvalue weighted by atomic mass is 32.2. The molecule has 0 aliphatic heterocycles. The molecule has 0 aliphatic rings. The number of anilines is 1. The first kappa shape index (κ1) is 27.9. The first-order valence-electron chi connectivity index (χ1n) is 12.4. The van der Waals surface area contributed by atoms with Gasteiger partial charge in [0.25, 0.3) is 0 Å². The van der Waals surface area contributed by atoms with E-state index in [0.717, 1.165) is 48.9 Å². The predicted molar refractivity (Wildman–Crippen MR) is 154 cm³/mol. The lowest BCUT2D eigenvalue weighted by atomic mass is 10.1. The van der Waals surface area contributed by atoms with Crippen molar-refractivity contribution in [2.24, 2.45) is 0 Å². The van der Waals surface area contributed by atoms with Gasteiger partial charge in [-0.25, -0.2) is 4.98 Å². The number of aromatic nitrogens is 3. The van der Waals surface area contributed by atoms with Gasteiger partial charge in [-0.3, -0.25) is 0 Å². The van der Waals surface area contributed by atoms with E-state index in [-0.39, 0.29) is 0 Å². The summed E-state index contributed by atoms with van der Waals surface area (Å²) in [7, 11) is -2.30. The first-order valence-corrected chi connectivity index (χ1v) is 21.0. The van der Waals surface area contributed by atoms with Gasteiger partial charge in [0, 0.05) is 52.8 Å². The van der Waals surface area contributed by atoms with Gasteiger partial charge in [0.05, 0.1) is 11.9 Å². The van der Waals surface area contributed by atoms with E-state index in [9.17, 15) is 0 Å². The second kappa shape index (κ2) is 12.5. The summed E-state index contributed by atoms with van der Waals surface area (Å²) in [5.74, 6) is 0.955. The fourth-order valence-electron chi connectivity index (χ4n) is 3.49. The van der Waals surface area contributed by atoms with Crippen LogP contribution in [0.25, 0.3) is 5.65 Å². The maximum atomic E-state index is 6.16. The van der Waals surface area contributed by atoms with E-state index in [1.165, 1.54) is 10.5 Å². The summed E-state index contributed by atoms with van der Waals surface area (Å²) in [6, 6.07) is 15.1. The van der Waals surface area contributed by atoms with Gasteiger partial charge in [0.15, 0.2) is 5.65 Å². The number of ether oxygens (including phenoxy) is 2. The van der Waals surface area contributed by atoms with Gasteiger partial charge in [-0.05, 0) is 36.0 Å². The highest BCUT2D eigenvalue weighted by Crippen LogP contribution is 2.22. The van der Waals surface area contributed by atoms with Crippen LogP contribution < -0.4 is 4.90 Å². The van der Waals surface area contributed by atoms with Gasteiger partial charge in [-0.1, -0.05) is 51.4 Å². The normalized spacial score (nSPS) is 12.4. The number of benzene rings is 1. The minimum atomic E-state index is -1.15.